The minimum atomic E-state index is -0.118. The number of aliphatic hydroxyl groups excluding tert-OH is 1. The third kappa shape index (κ3) is 5.57. The molecule has 1 unspecified atom stereocenters. The van der Waals surface area contributed by atoms with Gasteiger partial charge in [0.05, 0.1) is 13.1 Å². The topological polar surface area (TPSA) is 72.9 Å². The second kappa shape index (κ2) is 8.12. The molecule has 1 fully saturated rings. The first kappa shape index (κ1) is 15.9. The van der Waals surface area contributed by atoms with Gasteiger partial charge in [-0.3, -0.25) is 14.5 Å². The Kier molecular flexibility index (Phi) is 6.80. The van der Waals surface area contributed by atoms with Gasteiger partial charge < -0.3 is 15.3 Å². The number of likely N-dealkylation sites (N-methyl/N-ethyl adjacent to an activating group) is 1. The van der Waals surface area contributed by atoms with Crippen LogP contribution in [0.1, 0.15) is 19.8 Å². The van der Waals surface area contributed by atoms with E-state index in [-0.39, 0.29) is 30.9 Å². The molecular formula is C13H25N3O3. The Bertz CT molecular complexity index is 310. The van der Waals surface area contributed by atoms with Crippen LogP contribution in [-0.4, -0.2) is 73.1 Å². The standard InChI is InChI=1S/C13H25N3O3/c1-3-5-14-12(18)8-15(2)13(19)9-16-6-4-11(7-16)10-17/h11,17H,3-10H2,1-2H3,(H,14,18). The molecule has 0 spiro atoms. The summed E-state index contributed by atoms with van der Waals surface area (Å²) < 4.78 is 0. The molecule has 2 amide bonds. The van der Waals surface area contributed by atoms with Gasteiger partial charge in [-0.2, -0.15) is 0 Å². The van der Waals surface area contributed by atoms with Crippen LogP contribution in [0.4, 0.5) is 0 Å². The molecule has 0 aromatic heterocycles. The Hall–Kier alpha value is -1.14. The highest BCUT2D eigenvalue weighted by atomic mass is 16.3. The second-order valence-electron chi connectivity index (χ2n) is 5.17. The summed E-state index contributed by atoms with van der Waals surface area (Å²) in [6.45, 7) is 4.85. The number of hydrogen-bond acceptors (Lipinski definition) is 4. The van der Waals surface area contributed by atoms with E-state index < -0.39 is 0 Å². The highest BCUT2D eigenvalue weighted by molar-refractivity contribution is 5.85. The summed E-state index contributed by atoms with van der Waals surface area (Å²) in [7, 11) is 1.65. The van der Waals surface area contributed by atoms with Gasteiger partial charge in [-0.05, 0) is 25.3 Å². The number of rotatable bonds is 7. The van der Waals surface area contributed by atoms with Crippen LogP contribution in [0, 0.1) is 5.92 Å². The molecule has 1 atom stereocenters. The van der Waals surface area contributed by atoms with Gasteiger partial charge in [0, 0.05) is 26.7 Å². The predicted octanol–water partition coefficient (Wildman–Crippen LogP) is -0.715. The van der Waals surface area contributed by atoms with E-state index in [4.69, 9.17) is 5.11 Å². The summed E-state index contributed by atoms with van der Waals surface area (Å²) >= 11 is 0. The largest absolute Gasteiger partial charge is 0.396 e. The molecule has 0 aliphatic carbocycles. The summed E-state index contributed by atoms with van der Waals surface area (Å²) in [6, 6.07) is 0. The van der Waals surface area contributed by atoms with Gasteiger partial charge in [-0.15, -0.1) is 0 Å². The zero-order valence-corrected chi connectivity index (χ0v) is 11.9. The van der Waals surface area contributed by atoms with Crippen molar-refractivity contribution in [3.8, 4) is 0 Å². The monoisotopic (exact) mass is 271 g/mol. The first-order valence-electron chi connectivity index (χ1n) is 6.90. The molecule has 1 saturated heterocycles. The van der Waals surface area contributed by atoms with Crippen molar-refractivity contribution in [3.05, 3.63) is 0 Å². The molecule has 1 heterocycles. The van der Waals surface area contributed by atoms with Crippen molar-refractivity contribution >= 4 is 11.8 Å². The Morgan fingerprint density at radius 2 is 2.21 bits per heavy atom. The Morgan fingerprint density at radius 3 is 2.79 bits per heavy atom. The maximum Gasteiger partial charge on any atom is 0.239 e. The minimum absolute atomic E-state index is 0.0507. The molecule has 19 heavy (non-hydrogen) atoms. The van der Waals surface area contributed by atoms with Crippen LogP contribution < -0.4 is 5.32 Å². The van der Waals surface area contributed by atoms with Crippen LogP contribution in [-0.2, 0) is 9.59 Å². The zero-order chi connectivity index (χ0) is 14.3. The molecule has 1 rings (SSSR count). The highest BCUT2D eigenvalue weighted by Gasteiger charge is 2.24. The first-order chi connectivity index (χ1) is 9.06. The first-order valence-corrected chi connectivity index (χ1v) is 6.90. The molecule has 6 nitrogen and oxygen atoms in total. The van der Waals surface area contributed by atoms with Gasteiger partial charge in [0.2, 0.25) is 11.8 Å². The number of aliphatic hydroxyl groups is 1. The second-order valence-corrected chi connectivity index (χ2v) is 5.17. The average molecular weight is 271 g/mol. The number of hydrogen-bond donors (Lipinski definition) is 2. The van der Waals surface area contributed by atoms with Crippen molar-refractivity contribution in [1.82, 2.24) is 15.1 Å². The third-order valence-electron chi connectivity index (χ3n) is 3.37. The molecule has 1 aliphatic heterocycles. The molecule has 0 aromatic carbocycles. The lowest BCUT2D eigenvalue weighted by Gasteiger charge is -2.21. The lowest BCUT2D eigenvalue weighted by atomic mass is 10.1. The summed E-state index contributed by atoms with van der Waals surface area (Å²) in [5.41, 5.74) is 0. The molecule has 0 aromatic rings. The molecule has 6 heteroatoms. The van der Waals surface area contributed by atoms with Crippen LogP contribution in [0.5, 0.6) is 0 Å². The molecule has 2 N–H and O–H groups in total. The van der Waals surface area contributed by atoms with Crippen molar-refractivity contribution in [1.29, 1.82) is 0 Å². The van der Waals surface area contributed by atoms with E-state index in [1.807, 2.05) is 11.8 Å². The van der Waals surface area contributed by atoms with E-state index in [1.165, 1.54) is 4.90 Å². The molecule has 110 valence electrons. The average Bonchev–Trinajstić information content (AvgIpc) is 2.83. The fourth-order valence-electron chi connectivity index (χ4n) is 2.14. The number of carbonyl (C=O) groups excluding carboxylic acids is 2. The highest BCUT2D eigenvalue weighted by Crippen LogP contribution is 2.14. The van der Waals surface area contributed by atoms with E-state index in [1.54, 1.807) is 7.05 Å². The number of amides is 2. The number of carbonyl (C=O) groups is 2. The van der Waals surface area contributed by atoms with Crippen molar-refractivity contribution in [2.45, 2.75) is 19.8 Å². The van der Waals surface area contributed by atoms with Crippen molar-refractivity contribution in [3.63, 3.8) is 0 Å². The fraction of sp³-hybridized carbons (Fsp3) is 0.846. The molecule has 0 radical (unpaired) electrons. The van der Waals surface area contributed by atoms with Gasteiger partial charge in [0.25, 0.3) is 0 Å². The summed E-state index contributed by atoms with van der Waals surface area (Å²) in [5.74, 6) is 0.114. The Balaban J connectivity index is 2.27. The van der Waals surface area contributed by atoms with Gasteiger partial charge in [0.15, 0.2) is 0 Å². The van der Waals surface area contributed by atoms with Gasteiger partial charge in [-0.1, -0.05) is 6.92 Å². The zero-order valence-electron chi connectivity index (χ0n) is 11.9. The summed E-state index contributed by atoms with van der Waals surface area (Å²) in [6.07, 6.45) is 1.82. The van der Waals surface area contributed by atoms with E-state index in [0.29, 0.717) is 13.1 Å². The molecule has 0 saturated carbocycles. The predicted molar refractivity (Wildman–Crippen MR) is 72.6 cm³/mol. The van der Waals surface area contributed by atoms with Crippen molar-refractivity contribution in [2.24, 2.45) is 5.92 Å². The third-order valence-corrected chi connectivity index (χ3v) is 3.37. The van der Waals surface area contributed by atoms with E-state index >= 15 is 0 Å². The molecular weight excluding hydrogens is 246 g/mol. The summed E-state index contributed by atoms with van der Waals surface area (Å²) in [4.78, 5) is 26.9. The minimum Gasteiger partial charge on any atom is -0.396 e. The number of likely N-dealkylation sites (tertiary alicyclic amines) is 1. The lowest BCUT2D eigenvalue weighted by molar-refractivity contribution is -0.135. The van der Waals surface area contributed by atoms with Gasteiger partial charge in [-0.25, -0.2) is 0 Å². The van der Waals surface area contributed by atoms with Gasteiger partial charge >= 0.3 is 0 Å². The molecule has 0 bridgehead atoms. The maximum absolute atomic E-state index is 11.9. The van der Waals surface area contributed by atoms with Crippen LogP contribution >= 0.6 is 0 Å². The van der Waals surface area contributed by atoms with E-state index in [0.717, 1.165) is 25.9 Å². The van der Waals surface area contributed by atoms with Crippen LogP contribution in [0.15, 0.2) is 0 Å². The van der Waals surface area contributed by atoms with Crippen LogP contribution in [0.3, 0.4) is 0 Å². The number of nitrogens with zero attached hydrogens (tertiary/aromatic N) is 2. The maximum atomic E-state index is 11.9. The fourth-order valence-corrected chi connectivity index (χ4v) is 2.14. The Morgan fingerprint density at radius 1 is 1.47 bits per heavy atom. The lowest BCUT2D eigenvalue weighted by Crippen LogP contribution is -2.43. The normalized spacial score (nSPS) is 19.4. The van der Waals surface area contributed by atoms with Crippen LogP contribution in [0.25, 0.3) is 0 Å². The SMILES string of the molecule is CCCNC(=O)CN(C)C(=O)CN1CCC(CO)C1. The smallest absolute Gasteiger partial charge is 0.239 e. The van der Waals surface area contributed by atoms with Crippen molar-refractivity contribution in [2.75, 3.05) is 46.4 Å². The van der Waals surface area contributed by atoms with Crippen LogP contribution in [0.2, 0.25) is 0 Å². The number of nitrogens with one attached hydrogen (secondary N) is 1. The summed E-state index contributed by atoms with van der Waals surface area (Å²) in [5, 5.41) is 11.8. The van der Waals surface area contributed by atoms with E-state index in [9.17, 15) is 9.59 Å². The molecule has 1 aliphatic rings. The van der Waals surface area contributed by atoms with Gasteiger partial charge in [0.1, 0.15) is 0 Å². The quantitative estimate of drug-likeness (QED) is 0.641. The van der Waals surface area contributed by atoms with E-state index in [2.05, 4.69) is 5.32 Å². The Labute approximate surface area is 114 Å². The van der Waals surface area contributed by atoms with Crippen molar-refractivity contribution < 1.29 is 14.7 Å².